The Kier molecular flexibility index (Phi) is 5.87. The van der Waals surface area contributed by atoms with E-state index in [0.717, 1.165) is 10.5 Å². The van der Waals surface area contributed by atoms with Crippen molar-refractivity contribution in [2.24, 2.45) is 0 Å². The van der Waals surface area contributed by atoms with Crippen LogP contribution in [0.1, 0.15) is 17.5 Å². The second-order valence-electron chi connectivity index (χ2n) is 6.73. The molecule has 9 nitrogen and oxygen atoms in total. The second-order valence-corrected chi connectivity index (χ2v) is 6.73. The number of anilines is 1. The van der Waals surface area contributed by atoms with Crippen LogP contribution in [0, 0.1) is 17.0 Å². The van der Waals surface area contributed by atoms with Crippen molar-refractivity contribution in [3.05, 3.63) is 69.8 Å². The third-order valence-electron chi connectivity index (χ3n) is 4.69. The van der Waals surface area contributed by atoms with E-state index in [0.29, 0.717) is 18.4 Å². The molecule has 0 aliphatic carbocycles. The van der Waals surface area contributed by atoms with Crippen molar-refractivity contribution in [2.75, 3.05) is 11.9 Å². The molecule has 0 spiro atoms. The Bertz CT molecular complexity index is 961. The van der Waals surface area contributed by atoms with Crippen LogP contribution in [-0.2, 0) is 16.0 Å². The average Bonchev–Trinajstić information content (AvgIpc) is 2.96. The molecule has 0 aromatic heterocycles. The Morgan fingerprint density at radius 3 is 2.59 bits per heavy atom. The fourth-order valence-corrected chi connectivity index (χ4v) is 3.17. The minimum atomic E-state index is -0.705. The quantitative estimate of drug-likeness (QED) is 0.423. The molecular weight excluding hydrogens is 376 g/mol. The van der Waals surface area contributed by atoms with Gasteiger partial charge in [0.15, 0.2) is 0 Å². The van der Waals surface area contributed by atoms with E-state index in [1.807, 2.05) is 30.3 Å². The highest BCUT2D eigenvalue weighted by molar-refractivity contribution is 6.08. The van der Waals surface area contributed by atoms with Gasteiger partial charge in [-0.1, -0.05) is 42.5 Å². The number of nitrogens with zero attached hydrogens (tertiary/aromatic N) is 2. The van der Waals surface area contributed by atoms with Crippen molar-refractivity contribution < 1.29 is 19.3 Å². The van der Waals surface area contributed by atoms with Gasteiger partial charge >= 0.3 is 6.03 Å². The number of aryl methyl sites for hydroxylation is 2. The summed E-state index contributed by atoms with van der Waals surface area (Å²) >= 11 is 0. The number of hydrogen-bond acceptors (Lipinski definition) is 5. The number of para-hydroxylation sites is 1. The van der Waals surface area contributed by atoms with Gasteiger partial charge in [-0.25, -0.2) is 4.79 Å². The molecule has 1 atom stereocenters. The Morgan fingerprint density at radius 1 is 1.17 bits per heavy atom. The van der Waals surface area contributed by atoms with Gasteiger partial charge in [0.25, 0.3) is 11.6 Å². The molecule has 150 valence electrons. The summed E-state index contributed by atoms with van der Waals surface area (Å²) in [6, 6.07) is 12.6. The molecule has 0 radical (unpaired) electrons. The van der Waals surface area contributed by atoms with Gasteiger partial charge in [0, 0.05) is 6.07 Å². The summed E-state index contributed by atoms with van der Waals surface area (Å²) in [4.78, 5) is 48.4. The number of rotatable bonds is 7. The average molecular weight is 396 g/mol. The fourth-order valence-electron chi connectivity index (χ4n) is 3.17. The molecule has 1 aliphatic heterocycles. The lowest BCUT2D eigenvalue weighted by atomic mass is 10.1. The monoisotopic (exact) mass is 396 g/mol. The van der Waals surface area contributed by atoms with E-state index >= 15 is 0 Å². The van der Waals surface area contributed by atoms with E-state index in [2.05, 4.69) is 10.6 Å². The van der Waals surface area contributed by atoms with Crippen LogP contribution in [0.3, 0.4) is 0 Å². The molecule has 1 saturated heterocycles. The number of benzene rings is 2. The second kappa shape index (κ2) is 8.51. The molecule has 9 heteroatoms. The lowest BCUT2D eigenvalue weighted by Crippen LogP contribution is -2.38. The third kappa shape index (κ3) is 4.57. The molecular formula is C20H20N4O5. The van der Waals surface area contributed by atoms with Gasteiger partial charge < -0.3 is 10.6 Å². The molecule has 2 N–H and O–H groups in total. The predicted octanol–water partition coefficient (Wildman–Crippen LogP) is 2.39. The summed E-state index contributed by atoms with van der Waals surface area (Å²) in [6.07, 6.45) is 1.02. The smallest absolute Gasteiger partial charge is 0.325 e. The first kappa shape index (κ1) is 20.0. The summed E-state index contributed by atoms with van der Waals surface area (Å²) < 4.78 is 0. The predicted molar refractivity (Wildman–Crippen MR) is 105 cm³/mol. The van der Waals surface area contributed by atoms with E-state index in [-0.39, 0.29) is 11.4 Å². The number of nitrogens with one attached hydrogen (secondary N) is 2. The van der Waals surface area contributed by atoms with Crippen molar-refractivity contribution in [1.82, 2.24) is 10.2 Å². The van der Waals surface area contributed by atoms with E-state index in [4.69, 9.17) is 0 Å². The number of imide groups is 1. The molecule has 1 aliphatic rings. The van der Waals surface area contributed by atoms with E-state index in [9.17, 15) is 24.5 Å². The number of urea groups is 1. The standard InChI is InChI=1S/C20H20N4O5/c1-13-6-5-9-16(24(28)29)18(13)22-17(25)12-23-19(26)15(21-20(23)27)11-10-14-7-3-2-4-8-14/h2-9,15H,10-12H2,1H3,(H,21,27)(H,22,25)/t15-/m0/s1. The number of nitro benzene ring substituents is 1. The maximum absolute atomic E-state index is 12.5. The lowest BCUT2D eigenvalue weighted by molar-refractivity contribution is -0.384. The number of carbonyl (C=O) groups is 3. The van der Waals surface area contributed by atoms with E-state index < -0.39 is 35.4 Å². The van der Waals surface area contributed by atoms with Crippen LogP contribution in [0.4, 0.5) is 16.2 Å². The lowest BCUT2D eigenvalue weighted by Gasteiger charge is -2.14. The van der Waals surface area contributed by atoms with Gasteiger partial charge in [0.1, 0.15) is 18.3 Å². The molecule has 29 heavy (non-hydrogen) atoms. The first-order valence-electron chi connectivity index (χ1n) is 9.06. The first-order valence-corrected chi connectivity index (χ1v) is 9.06. The van der Waals surface area contributed by atoms with Gasteiger partial charge in [-0.2, -0.15) is 0 Å². The Hall–Kier alpha value is -3.75. The molecule has 4 amide bonds. The maximum Gasteiger partial charge on any atom is 0.325 e. The first-order chi connectivity index (χ1) is 13.9. The van der Waals surface area contributed by atoms with Gasteiger partial charge in [0.2, 0.25) is 5.91 Å². The summed E-state index contributed by atoms with van der Waals surface area (Å²) in [5.74, 6) is -1.17. The third-order valence-corrected chi connectivity index (χ3v) is 4.69. The van der Waals surface area contributed by atoms with E-state index in [1.165, 1.54) is 12.1 Å². The Labute approximate surface area is 166 Å². The van der Waals surface area contributed by atoms with Crippen LogP contribution >= 0.6 is 0 Å². The van der Waals surface area contributed by atoms with Gasteiger partial charge in [-0.05, 0) is 30.9 Å². The number of hydrogen-bond donors (Lipinski definition) is 2. The van der Waals surface area contributed by atoms with Crippen LogP contribution in [-0.4, -0.2) is 40.3 Å². The van der Waals surface area contributed by atoms with Crippen LogP contribution in [0.25, 0.3) is 0 Å². The topological polar surface area (TPSA) is 122 Å². The number of nitro groups is 1. The summed E-state index contributed by atoms with van der Waals surface area (Å²) in [7, 11) is 0. The minimum Gasteiger partial charge on any atom is -0.326 e. The Balaban J connectivity index is 1.63. The van der Waals surface area contributed by atoms with E-state index in [1.54, 1.807) is 13.0 Å². The number of carbonyl (C=O) groups excluding carboxylic acids is 3. The Morgan fingerprint density at radius 2 is 1.90 bits per heavy atom. The molecule has 1 heterocycles. The highest BCUT2D eigenvalue weighted by Crippen LogP contribution is 2.27. The van der Waals surface area contributed by atoms with Crippen molar-refractivity contribution >= 4 is 29.2 Å². The van der Waals surface area contributed by atoms with Crippen LogP contribution < -0.4 is 10.6 Å². The van der Waals surface area contributed by atoms with Gasteiger partial charge in [-0.3, -0.25) is 24.6 Å². The van der Waals surface area contributed by atoms with Crippen molar-refractivity contribution in [2.45, 2.75) is 25.8 Å². The van der Waals surface area contributed by atoms with Crippen LogP contribution in [0.2, 0.25) is 0 Å². The largest absolute Gasteiger partial charge is 0.326 e. The highest BCUT2D eigenvalue weighted by atomic mass is 16.6. The van der Waals surface area contributed by atoms with Crippen molar-refractivity contribution in [1.29, 1.82) is 0 Å². The normalized spacial score (nSPS) is 15.9. The van der Waals surface area contributed by atoms with Gasteiger partial charge in [0.05, 0.1) is 4.92 Å². The summed E-state index contributed by atoms with van der Waals surface area (Å²) in [5.41, 5.74) is 1.34. The number of amides is 4. The summed E-state index contributed by atoms with van der Waals surface area (Å²) in [5, 5.41) is 16.2. The molecule has 3 rings (SSSR count). The maximum atomic E-state index is 12.5. The van der Waals surface area contributed by atoms with Crippen molar-refractivity contribution in [3.8, 4) is 0 Å². The molecule has 1 fully saturated rings. The zero-order valence-corrected chi connectivity index (χ0v) is 15.8. The zero-order chi connectivity index (χ0) is 21.0. The summed E-state index contributed by atoms with van der Waals surface area (Å²) in [6.45, 7) is 1.11. The zero-order valence-electron chi connectivity index (χ0n) is 15.8. The molecule has 0 saturated carbocycles. The molecule has 0 bridgehead atoms. The molecule has 2 aromatic carbocycles. The molecule has 2 aromatic rings. The minimum absolute atomic E-state index is 0.0511. The SMILES string of the molecule is Cc1cccc([N+](=O)[O-])c1NC(=O)CN1C(=O)N[C@@H](CCc2ccccc2)C1=O. The van der Waals surface area contributed by atoms with Crippen LogP contribution in [0.5, 0.6) is 0 Å². The van der Waals surface area contributed by atoms with Crippen LogP contribution in [0.15, 0.2) is 48.5 Å². The van der Waals surface area contributed by atoms with Gasteiger partial charge in [-0.15, -0.1) is 0 Å². The fraction of sp³-hybridized carbons (Fsp3) is 0.250. The highest BCUT2D eigenvalue weighted by Gasteiger charge is 2.38. The molecule has 0 unspecified atom stereocenters. The van der Waals surface area contributed by atoms with Crippen molar-refractivity contribution in [3.63, 3.8) is 0 Å².